The van der Waals surface area contributed by atoms with Crippen LogP contribution in [0.1, 0.15) is 60.7 Å². The molecule has 1 unspecified atom stereocenters. The molecule has 1 saturated carbocycles. The maximum atomic E-state index is 13.2. The van der Waals surface area contributed by atoms with E-state index in [0.29, 0.717) is 28.8 Å². The molecule has 0 radical (unpaired) electrons. The third-order valence-electron chi connectivity index (χ3n) is 7.27. The Morgan fingerprint density at radius 1 is 1.00 bits per heavy atom. The summed E-state index contributed by atoms with van der Waals surface area (Å²) in [6.45, 7) is 2.06. The molecule has 4 aromatic rings. The number of benzene rings is 3. The third-order valence-corrected chi connectivity index (χ3v) is 8.27. The SMILES string of the molecule is Cc1cccc(CSc2nnc(C(Cc3ccccc3)NC(=O)NC3CCCCC3)n2-c2ccc([N+](=O)[O-])cc2)c1. The Bertz CT molecular complexity index is 1470. The Balaban J connectivity index is 1.49. The summed E-state index contributed by atoms with van der Waals surface area (Å²) < 4.78 is 1.90. The molecule has 9 nitrogen and oxygen atoms in total. The van der Waals surface area contributed by atoms with Gasteiger partial charge >= 0.3 is 6.03 Å². The number of amides is 2. The van der Waals surface area contributed by atoms with E-state index in [2.05, 4.69) is 46.0 Å². The monoisotopic (exact) mass is 570 g/mol. The van der Waals surface area contributed by atoms with Gasteiger partial charge in [0.1, 0.15) is 0 Å². The normalized spacial score (nSPS) is 14.4. The molecule has 10 heteroatoms. The number of carbonyl (C=O) groups excluding carboxylic acids is 1. The second-order valence-corrected chi connectivity index (χ2v) is 11.4. The molecule has 41 heavy (non-hydrogen) atoms. The van der Waals surface area contributed by atoms with Gasteiger partial charge in [-0.25, -0.2) is 4.79 Å². The van der Waals surface area contributed by atoms with Gasteiger partial charge in [0.05, 0.1) is 11.0 Å². The molecule has 1 aromatic heterocycles. The molecular formula is C31H34N6O3S. The Labute approximate surface area is 243 Å². The van der Waals surface area contributed by atoms with E-state index < -0.39 is 11.0 Å². The number of thioether (sulfide) groups is 1. The van der Waals surface area contributed by atoms with Crippen LogP contribution in [0.15, 0.2) is 84.0 Å². The minimum absolute atomic E-state index is 0.00292. The summed E-state index contributed by atoms with van der Waals surface area (Å²) in [6.07, 6.45) is 5.91. The van der Waals surface area contributed by atoms with E-state index in [1.807, 2.05) is 41.0 Å². The van der Waals surface area contributed by atoms with Crippen molar-refractivity contribution in [2.45, 2.75) is 68.4 Å². The van der Waals surface area contributed by atoms with Gasteiger partial charge in [-0.3, -0.25) is 14.7 Å². The number of nitrogens with zero attached hydrogens (tertiary/aromatic N) is 4. The molecule has 2 amide bonds. The number of rotatable bonds is 10. The summed E-state index contributed by atoms with van der Waals surface area (Å²) in [7, 11) is 0. The smallest absolute Gasteiger partial charge is 0.315 e. The van der Waals surface area contributed by atoms with Gasteiger partial charge < -0.3 is 10.6 Å². The van der Waals surface area contributed by atoms with Crippen LogP contribution in [0, 0.1) is 17.0 Å². The summed E-state index contributed by atoms with van der Waals surface area (Å²) in [6, 6.07) is 24.0. The fraction of sp³-hybridized carbons (Fsp3) is 0.323. The summed E-state index contributed by atoms with van der Waals surface area (Å²) in [5.41, 5.74) is 4.07. The van der Waals surface area contributed by atoms with Gasteiger partial charge in [0, 0.05) is 36.0 Å². The Kier molecular flexibility index (Phi) is 9.30. The fourth-order valence-corrected chi connectivity index (χ4v) is 6.11. The van der Waals surface area contributed by atoms with Crippen molar-refractivity contribution >= 4 is 23.5 Å². The number of aromatic nitrogens is 3. The molecule has 1 aliphatic rings. The van der Waals surface area contributed by atoms with E-state index >= 15 is 0 Å². The van der Waals surface area contributed by atoms with Crippen LogP contribution in [0.4, 0.5) is 10.5 Å². The lowest BCUT2D eigenvalue weighted by Gasteiger charge is -2.25. The highest BCUT2D eigenvalue weighted by Crippen LogP contribution is 2.30. The second-order valence-electron chi connectivity index (χ2n) is 10.4. The Hall–Kier alpha value is -4.18. The number of nitro benzene ring substituents is 1. The molecule has 3 aromatic carbocycles. The number of carbonyl (C=O) groups is 1. The number of urea groups is 1. The second kappa shape index (κ2) is 13.5. The van der Waals surface area contributed by atoms with Gasteiger partial charge in [-0.15, -0.1) is 10.2 Å². The van der Waals surface area contributed by atoms with Crippen molar-refractivity contribution in [2.75, 3.05) is 0 Å². The van der Waals surface area contributed by atoms with Crippen LogP contribution in [-0.4, -0.2) is 31.8 Å². The molecule has 1 fully saturated rings. The first-order valence-corrected chi connectivity index (χ1v) is 14.9. The van der Waals surface area contributed by atoms with Crippen molar-refractivity contribution < 1.29 is 9.72 Å². The Morgan fingerprint density at radius 2 is 1.73 bits per heavy atom. The zero-order valence-electron chi connectivity index (χ0n) is 23.0. The molecule has 1 atom stereocenters. The van der Waals surface area contributed by atoms with Crippen molar-refractivity contribution in [1.82, 2.24) is 25.4 Å². The minimum Gasteiger partial charge on any atom is -0.335 e. The zero-order valence-corrected chi connectivity index (χ0v) is 23.8. The van der Waals surface area contributed by atoms with Crippen molar-refractivity contribution in [3.05, 3.63) is 111 Å². The third kappa shape index (κ3) is 7.52. The van der Waals surface area contributed by atoms with Crippen LogP contribution in [0.5, 0.6) is 0 Å². The molecule has 0 saturated heterocycles. The van der Waals surface area contributed by atoms with E-state index in [1.54, 1.807) is 12.1 Å². The van der Waals surface area contributed by atoms with E-state index in [0.717, 1.165) is 36.8 Å². The van der Waals surface area contributed by atoms with Crippen LogP contribution in [0.3, 0.4) is 0 Å². The number of non-ortho nitro benzene ring substituents is 1. The van der Waals surface area contributed by atoms with Gasteiger partial charge in [-0.1, -0.05) is 91.2 Å². The van der Waals surface area contributed by atoms with Crippen LogP contribution in [-0.2, 0) is 12.2 Å². The maximum absolute atomic E-state index is 13.2. The number of hydrogen-bond donors (Lipinski definition) is 2. The lowest BCUT2D eigenvalue weighted by Crippen LogP contribution is -2.45. The van der Waals surface area contributed by atoms with E-state index in [9.17, 15) is 14.9 Å². The number of aryl methyl sites for hydroxylation is 1. The molecule has 0 bridgehead atoms. The Morgan fingerprint density at radius 3 is 2.44 bits per heavy atom. The summed E-state index contributed by atoms with van der Waals surface area (Å²) >= 11 is 1.53. The average molecular weight is 571 g/mol. The predicted molar refractivity (Wildman–Crippen MR) is 160 cm³/mol. The van der Waals surface area contributed by atoms with Crippen molar-refractivity contribution in [3.8, 4) is 5.69 Å². The van der Waals surface area contributed by atoms with Gasteiger partial charge in [-0.05, 0) is 43.0 Å². The quantitative estimate of drug-likeness (QED) is 0.125. The molecule has 5 rings (SSSR count). The molecular weight excluding hydrogens is 536 g/mol. The largest absolute Gasteiger partial charge is 0.335 e. The van der Waals surface area contributed by atoms with E-state index in [-0.39, 0.29) is 17.8 Å². The highest BCUT2D eigenvalue weighted by molar-refractivity contribution is 7.98. The van der Waals surface area contributed by atoms with E-state index in [1.165, 1.54) is 35.9 Å². The maximum Gasteiger partial charge on any atom is 0.315 e. The number of nitrogens with one attached hydrogen (secondary N) is 2. The molecule has 2 N–H and O–H groups in total. The fourth-order valence-electron chi connectivity index (χ4n) is 5.21. The lowest BCUT2D eigenvalue weighted by atomic mass is 9.96. The number of nitro groups is 1. The zero-order chi connectivity index (χ0) is 28.6. The highest BCUT2D eigenvalue weighted by atomic mass is 32.2. The van der Waals surface area contributed by atoms with Crippen LogP contribution >= 0.6 is 11.8 Å². The summed E-state index contributed by atoms with van der Waals surface area (Å²) in [4.78, 5) is 24.2. The average Bonchev–Trinajstić information content (AvgIpc) is 3.41. The molecule has 1 heterocycles. The van der Waals surface area contributed by atoms with Gasteiger partial charge in [0.2, 0.25) is 0 Å². The molecule has 0 aliphatic heterocycles. The van der Waals surface area contributed by atoms with Gasteiger partial charge in [0.25, 0.3) is 5.69 Å². The summed E-state index contributed by atoms with van der Waals surface area (Å²) in [5.74, 6) is 1.24. The first kappa shape index (κ1) is 28.4. The van der Waals surface area contributed by atoms with Crippen molar-refractivity contribution in [3.63, 3.8) is 0 Å². The van der Waals surface area contributed by atoms with Crippen molar-refractivity contribution in [2.24, 2.45) is 0 Å². The first-order chi connectivity index (χ1) is 20.0. The molecule has 0 spiro atoms. The highest BCUT2D eigenvalue weighted by Gasteiger charge is 2.26. The van der Waals surface area contributed by atoms with Crippen molar-refractivity contribution in [1.29, 1.82) is 0 Å². The van der Waals surface area contributed by atoms with Crippen LogP contribution in [0.2, 0.25) is 0 Å². The van der Waals surface area contributed by atoms with Gasteiger partial charge in [0.15, 0.2) is 11.0 Å². The van der Waals surface area contributed by atoms with E-state index in [4.69, 9.17) is 0 Å². The number of hydrogen-bond acceptors (Lipinski definition) is 6. The summed E-state index contributed by atoms with van der Waals surface area (Å²) in [5, 5.41) is 27.4. The molecule has 1 aliphatic carbocycles. The lowest BCUT2D eigenvalue weighted by molar-refractivity contribution is -0.384. The predicted octanol–water partition coefficient (Wildman–Crippen LogP) is 6.69. The van der Waals surface area contributed by atoms with Gasteiger partial charge in [-0.2, -0.15) is 0 Å². The topological polar surface area (TPSA) is 115 Å². The standard InChI is InChI=1S/C31H34N6O3S/c1-22-9-8-12-24(19-22)21-41-31-35-34-29(36(31)26-15-17-27(18-16-26)37(39)40)28(20-23-10-4-2-5-11-23)33-30(38)32-25-13-6-3-7-14-25/h2,4-5,8-12,15-19,25,28H,3,6-7,13-14,20-21H2,1H3,(H2,32,33,38). The first-order valence-electron chi connectivity index (χ1n) is 14.0. The van der Waals surface area contributed by atoms with Crippen LogP contribution < -0.4 is 10.6 Å². The molecule has 212 valence electrons. The minimum atomic E-state index is -0.489. The van der Waals surface area contributed by atoms with Crippen LogP contribution in [0.25, 0.3) is 5.69 Å².